The summed E-state index contributed by atoms with van der Waals surface area (Å²) in [4.78, 5) is 2.29. The quantitative estimate of drug-likeness (QED) is 0.863. The van der Waals surface area contributed by atoms with Crippen LogP contribution in [0.15, 0.2) is 18.3 Å². The Kier molecular flexibility index (Phi) is 3.67. The summed E-state index contributed by atoms with van der Waals surface area (Å²) in [5.41, 5.74) is 0. The minimum atomic E-state index is 0.431. The van der Waals surface area contributed by atoms with Crippen molar-refractivity contribution in [2.24, 2.45) is 0 Å². The van der Waals surface area contributed by atoms with Gasteiger partial charge in [-0.05, 0) is 48.2 Å². The molecule has 8 nitrogen and oxygen atoms in total. The maximum absolute atomic E-state index is 4.20. The summed E-state index contributed by atoms with van der Waals surface area (Å²) in [5.74, 6) is 1.90. The second kappa shape index (κ2) is 5.96. The van der Waals surface area contributed by atoms with E-state index in [1.165, 1.54) is 19.3 Å². The fraction of sp³-hybridized carbons (Fsp3) is 0.643. The molecule has 2 fully saturated rings. The van der Waals surface area contributed by atoms with Crippen LogP contribution in [0.25, 0.3) is 0 Å². The molecule has 1 atom stereocenters. The Morgan fingerprint density at radius 1 is 1.23 bits per heavy atom. The van der Waals surface area contributed by atoms with E-state index in [0.717, 1.165) is 37.7 Å². The van der Waals surface area contributed by atoms with Crippen LogP contribution in [0.1, 0.15) is 37.5 Å². The van der Waals surface area contributed by atoms with Crippen LogP contribution in [-0.2, 0) is 6.54 Å². The highest BCUT2D eigenvalue weighted by Gasteiger charge is 2.28. The molecule has 0 unspecified atom stereocenters. The monoisotopic (exact) mass is 300 g/mol. The summed E-state index contributed by atoms with van der Waals surface area (Å²) in [6.07, 6.45) is 6.42. The van der Waals surface area contributed by atoms with Crippen LogP contribution in [0.4, 0.5) is 5.82 Å². The highest BCUT2D eigenvalue weighted by molar-refractivity contribution is 5.37. The molecule has 1 saturated heterocycles. The van der Waals surface area contributed by atoms with Gasteiger partial charge >= 0.3 is 0 Å². The van der Waals surface area contributed by atoms with Gasteiger partial charge in [0.1, 0.15) is 0 Å². The molecule has 0 aromatic carbocycles. The lowest BCUT2D eigenvalue weighted by molar-refractivity contribution is 0.408. The van der Waals surface area contributed by atoms with Crippen molar-refractivity contribution in [2.75, 3.05) is 18.0 Å². The van der Waals surface area contributed by atoms with Crippen LogP contribution in [0.5, 0.6) is 0 Å². The maximum atomic E-state index is 4.20. The second-order valence-corrected chi connectivity index (χ2v) is 6.02. The van der Waals surface area contributed by atoms with Gasteiger partial charge in [-0.15, -0.1) is 10.2 Å². The molecule has 22 heavy (non-hydrogen) atoms. The van der Waals surface area contributed by atoms with Crippen LogP contribution in [-0.4, -0.2) is 49.5 Å². The Hall–Kier alpha value is -2.09. The molecule has 0 radical (unpaired) electrons. The number of rotatable bonds is 5. The van der Waals surface area contributed by atoms with Gasteiger partial charge in [0.25, 0.3) is 0 Å². The number of hydrogen-bond donors (Lipinski definition) is 1. The van der Waals surface area contributed by atoms with E-state index in [1.807, 2.05) is 16.8 Å². The van der Waals surface area contributed by atoms with E-state index >= 15 is 0 Å². The Labute approximate surface area is 128 Å². The summed E-state index contributed by atoms with van der Waals surface area (Å²) < 4.78 is 1.97. The lowest BCUT2D eigenvalue weighted by Gasteiger charge is -2.33. The molecule has 1 aliphatic heterocycles. The molecule has 3 heterocycles. The minimum absolute atomic E-state index is 0.431. The third-order valence-electron chi connectivity index (χ3n) is 4.31. The van der Waals surface area contributed by atoms with Crippen molar-refractivity contribution in [1.29, 1.82) is 0 Å². The van der Waals surface area contributed by atoms with E-state index < -0.39 is 0 Å². The summed E-state index contributed by atoms with van der Waals surface area (Å²) in [5, 5.41) is 23.8. The van der Waals surface area contributed by atoms with Gasteiger partial charge < -0.3 is 10.2 Å². The third-order valence-corrected chi connectivity index (χ3v) is 4.31. The highest BCUT2D eigenvalue weighted by Crippen LogP contribution is 2.34. The van der Waals surface area contributed by atoms with E-state index in [9.17, 15) is 0 Å². The first-order valence-corrected chi connectivity index (χ1v) is 7.93. The molecule has 0 spiro atoms. The van der Waals surface area contributed by atoms with E-state index in [-0.39, 0.29) is 0 Å². The minimum Gasteiger partial charge on any atom is -0.354 e. The number of piperidine rings is 1. The Balaban J connectivity index is 1.35. The zero-order valence-electron chi connectivity index (χ0n) is 12.5. The number of hydrogen-bond acceptors (Lipinski definition) is 7. The zero-order valence-corrected chi connectivity index (χ0v) is 12.5. The molecule has 1 aliphatic carbocycles. The molecule has 4 rings (SSSR count). The summed E-state index contributed by atoms with van der Waals surface area (Å²) in [6.45, 7) is 2.71. The lowest BCUT2D eigenvalue weighted by Crippen LogP contribution is -2.46. The number of nitrogens with zero attached hydrogens (tertiary/aromatic N) is 7. The zero-order chi connectivity index (χ0) is 14.8. The van der Waals surface area contributed by atoms with Gasteiger partial charge in [-0.3, -0.25) is 0 Å². The van der Waals surface area contributed by atoms with Gasteiger partial charge in [-0.25, -0.2) is 4.68 Å². The van der Waals surface area contributed by atoms with Crippen molar-refractivity contribution < 1.29 is 0 Å². The third kappa shape index (κ3) is 2.92. The maximum Gasteiger partial charge on any atom is 0.165 e. The molecule has 1 N–H and O–H groups in total. The second-order valence-electron chi connectivity index (χ2n) is 6.02. The highest BCUT2D eigenvalue weighted by atomic mass is 15.6. The van der Waals surface area contributed by atoms with Crippen LogP contribution in [0.3, 0.4) is 0 Å². The molecule has 8 heteroatoms. The van der Waals surface area contributed by atoms with Gasteiger partial charge in [-0.1, -0.05) is 0 Å². The van der Waals surface area contributed by atoms with Crippen molar-refractivity contribution >= 4 is 5.82 Å². The molecule has 0 bridgehead atoms. The number of aromatic nitrogens is 6. The van der Waals surface area contributed by atoms with Gasteiger partial charge in [0.05, 0.1) is 12.6 Å². The van der Waals surface area contributed by atoms with Crippen molar-refractivity contribution in [2.45, 2.75) is 44.3 Å². The Bertz CT molecular complexity index is 608. The largest absolute Gasteiger partial charge is 0.354 e. The molecular formula is C14H20N8. The van der Waals surface area contributed by atoms with Crippen LogP contribution in [0.2, 0.25) is 0 Å². The molecular weight excluding hydrogens is 280 g/mol. The fourth-order valence-electron chi connectivity index (χ4n) is 2.98. The molecule has 2 aromatic heterocycles. The Morgan fingerprint density at radius 3 is 3.00 bits per heavy atom. The predicted molar refractivity (Wildman–Crippen MR) is 80.2 cm³/mol. The molecule has 116 valence electrons. The molecule has 2 aliphatic rings. The Morgan fingerprint density at radius 2 is 2.18 bits per heavy atom. The van der Waals surface area contributed by atoms with Crippen LogP contribution in [0, 0.1) is 0 Å². The first-order valence-electron chi connectivity index (χ1n) is 7.93. The predicted octanol–water partition coefficient (Wildman–Crippen LogP) is 0.557. The first kappa shape index (κ1) is 13.6. The van der Waals surface area contributed by atoms with Gasteiger partial charge in [-0.2, -0.15) is 5.10 Å². The van der Waals surface area contributed by atoms with E-state index in [2.05, 4.69) is 35.9 Å². The van der Waals surface area contributed by atoms with Crippen LogP contribution >= 0.6 is 0 Å². The topological polar surface area (TPSA) is 84.7 Å². The fourth-order valence-corrected chi connectivity index (χ4v) is 2.98. The van der Waals surface area contributed by atoms with Crippen LogP contribution < -0.4 is 10.2 Å². The normalized spacial score (nSPS) is 22.0. The number of nitrogens with one attached hydrogen (secondary N) is 1. The summed E-state index contributed by atoms with van der Waals surface area (Å²) in [7, 11) is 0. The van der Waals surface area contributed by atoms with E-state index in [4.69, 9.17) is 0 Å². The molecule has 2 aromatic rings. The average Bonchev–Trinajstić information content (AvgIpc) is 3.32. The smallest absolute Gasteiger partial charge is 0.165 e. The molecule has 1 saturated carbocycles. The summed E-state index contributed by atoms with van der Waals surface area (Å²) in [6, 6.07) is 4.90. The number of anilines is 1. The van der Waals surface area contributed by atoms with Crippen molar-refractivity contribution in [3.63, 3.8) is 0 Å². The SMILES string of the molecule is c1cnnc(N2CCC[C@H](NCc3nnnn3C3CC3)C2)c1. The van der Waals surface area contributed by atoms with Gasteiger partial charge in [0, 0.05) is 25.3 Å². The van der Waals surface area contributed by atoms with Gasteiger partial charge in [0.2, 0.25) is 0 Å². The molecule has 0 amide bonds. The summed E-state index contributed by atoms with van der Waals surface area (Å²) >= 11 is 0. The van der Waals surface area contributed by atoms with E-state index in [1.54, 1.807) is 6.20 Å². The average molecular weight is 300 g/mol. The lowest BCUT2D eigenvalue weighted by atomic mass is 10.1. The van der Waals surface area contributed by atoms with Crippen molar-refractivity contribution in [1.82, 2.24) is 35.7 Å². The standard InChI is InChI=1S/C14H20N8/c1-4-13(17-16-7-1)21-8-2-3-11(10-21)15-9-14-18-19-20-22(14)12-5-6-12/h1,4,7,11-12,15H,2-3,5-6,8-10H2/t11-/m0/s1. The van der Waals surface area contributed by atoms with Gasteiger partial charge in [0.15, 0.2) is 11.6 Å². The number of tetrazole rings is 1. The first-order chi connectivity index (χ1) is 10.9. The van der Waals surface area contributed by atoms with Crippen molar-refractivity contribution in [3.8, 4) is 0 Å². The van der Waals surface area contributed by atoms with E-state index in [0.29, 0.717) is 12.1 Å². The van der Waals surface area contributed by atoms with Crippen molar-refractivity contribution in [3.05, 3.63) is 24.2 Å².